The minimum absolute atomic E-state index is 0.614. The summed E-state index contributed by atoms with van der Waals surface area (Å²) in [5.74, 6) is 1.37. The van der Waals surface area contributed by atoms with Gasteiger partial charge in [0, 0.05) is 22.6 Å². The standard InChI is InChI=1S/C18H17BrN4/c1-2-20-18-22-16(13-8-4-3-5-9-13)12-17(23-18)21-15-11-7-6-10-14(15)19/h3-12H,2H2,1H3,(H2,20,21,22,23). The summed E-state index contributed by atoms with van der Waals surface area (Å²) in [4.78, 5) is 9.11. The molecule has 0 saturated carbocycles. The number of halogens is 1. The molecular formula is C18H17BrN4. The first-order chi connectivity index (χ1) is 11.3. The Bertz CT molecular complexity index is 790. The lowest BCUT2D eigenvalue weighted by molar-refractivity contribution is 1.09. The van der Waals surface area contributed by atoms with Crippen molar-refractivity contribution < 1.29 is 0 Å². The summed E-state index contributed by atoms with van der Waals surface area (Å²) in [6.07, 6.45) is 0. The largest absolute Gasteiger partial charge is 0.354 e. The lowest BCUT2D eigenvalue weighted by Crippen LogP contribution is -2.05. The lowest BCUT2D eigenvalue weighted by atomic mass is 10.1. The third kappa shape index (κ3) is 3.87. The molecule has 23 heavy (non-hydrogen) atoms. The normalized spacial score (nSPS) is 10.3. The number of nitrogens with one attached hydrogen (secondary N) is 2. The Balaban J connectivity index is 1.99. The molecule has 0 atom stereocenters. The number of hydrogen-bond acceptors (Lipinski definition) is 4. The zero-order valence-corrected chi connectivity index (χ0v) is 14.3. The van der Waals surface area contributed by atoms with E-state index in [9.17, 15) is 0 Å². The minimum Gasteiger partial charge on any atom is -0.354 e. The van der Waals surface area contributed by atoms with Gasteiger partial charge in [-0.1, -0.05) is 42.5 Å². The van der Waals surface area contributed by atoms with Crippen LogP contribution in [0.5, 0.6) is 0 Å². The third-order valence-corrected chi connectivity index (χ3v) is 3.96. The van der Waals surface area contributed by atoms with E-state index in [1.54, 1.807) is 0 Å². The fourth-order valence-corrected chi connectivity index (χ4v) is 2.59. The summed E-state index contributed by atoms with van der Waals surface area (Å²) in [6, 6.07) is 20.0. The maximum atomic E-state index is 4.58. The van der Waals surface area contributed by atoms with Crippen LogP contribution in [0.3, 0.4) is 0 Å². The molecule has 116 valence electrons. The molecule has 0 bridgehead atoms. The van der Waals surface area contributed by atoms with Crippen LogP contribution in [0.1, 0.15) is 6.92 Å². The molecule has 3 rings (SSSR count). The van der Waals surface area contributed by atoms with Gasteiger partial charge in [0.15, 0.2) is 0 Å². The summed E-state index contributed by atoms with van der Waals surface area (Å²) >= 11 is 3.54. The molecule has 5 heteroatoms. The molecule has 2 N–H and O–H groups in total. The Hall–Kier alpha value is -2.40. The smallest absolute Gasteiger partial charge is 0.225 e. The Morgan fingerprint density at radius 3 is 2.43 bits per heavy atom. The van der Waals surface area contributed by atoms with Gasteiger partial charge in [0.25, 0.3) is 0 Å². The highest BCUT2D eigenvalue weighted by Gasteiger charge is 2.07. The third-order valence-electron chi connectivity index (χ3n) is 3.27. The molecule has 0 aliphatic rings. The van der Waals surface area contributed by atoms with Gasteiger partial charge in [-0.3, -0.25) is 0 Å². The lowest BCUT2D eigenvalue weighted by Gasteiger charge is -2.11. The topological polar surface area (TPSA) is 49.8 Å². The van der Waals surface area contributed by atoms with Crippen molar-refractivity contribution >= 4 is 33.4 Å². The molecule has 0 amide bonds. The van der Waals surface area contributed by atoms with E-state index in [0.29, 0.717) is 5.95 Å². The quantitative estimate of drug-likeness (QED) is 0.658. The van der Waals surface area contributed by atoms with Crippen molar-refractivity contribution in [3.05, 3.63) is 65.1 Å². The summed E-state index contributed by atoms with van der Waals surface area (Å²) in [7, 11) is 0. The maximum Gasteiger partial charge on any atom is 0.225 e. The van der Waals surface area contributed by atoms with Gasteiger partial charge >= 0.3 is 0 Å². The van der Waals surface area contributed by atoms with E-state index in [2.05, 4.69) is 36.5 Å². The second-order valence-electron chi connectivity index (χ2n) is 4.96. The van der Waals surface area contributed by atoms with Crippen LogP contribution in [-0.4, -0.2) is 16.5 Å². The highest BCUT2D eigenvalue weighted by atomic mass is 79.9. The van der Waals surface area contributed by atoms with Gasteiger partial charge < -0.3 is 10.6 Å². The molecule has 2 aromatic carbocycles. The number of hydrogen-bond donors (Lipinski definition) is 2. The molecular weight excluding hydrogens is 352 g/mol. The SMILES string of the molecule is CCNc1nc(Nc2ccccc2Br)cc(-c2ccccc2)n1. The number of aromatic nitrogens is 2. The second kappa shape index (κ2) is 7.24. The van der Waals surface area contributed by atoms with Crippen LogP contribution in [0.15, 0.2) is 65.1 Å². The fourth-order valence-electron chi connectivity index (χ4n) is 2.21. The molecule has 0 spiro atoms. The molecule has 0 unspecified atom stereocenters. The van der Waals surface area contributed by atoms with Crippen LogP contribution in [-0.2, 0) is 0 Å². The van der Waals surface area contributed by atoms with Gasteiger partial charge in [0.1, 0.15) is 5.82 Å². The second-order valence-corrected chi connectivity index (χ2v) is 5.82. The van der Waals surface area contributed by atoms with Crippen LogP contribution in [0.4, 0.5) is 17.5 Å². The van der Waals surface area contributed by atoms with E-state index in [4.69, 9.17) is 0 Å². The average Bonchev–Trinajstić information content (AvgIpc) is 2.58. The van der Waals surface area contributed by atoms with Gasteiger partial charge in [0.2, 0.25) is 5.95 Å². The van der Waals surface area contributed by atoms with Gasteiger partial charge in [-0.25, -0.2) is 4.98 Å². The van der Waals surface area contributed by atoms with Crippen molar-refractivity contribution in [3.63, 3.8) is 0 Å². The van der Waals surface area contributed by atoms with E-state index in [0.717, 1.165) is 33.8 Å². The first-order valence-corrected chi connectivity index (χ1v) is 8.25. The fraction of sp³-hybridized carbons (Fsp3) is 0.111. The highest BCUT2D eigenvalue weighted by molar-refractivity contribution is 9.10. The van der Waals surface area contributed by atoms with Gasteiger partial charge in [-0.15, -0.1) is 0 Å². The summed E-state index contributed by atoms with van der Waals surface area (Å²) in [6.45, 7) is 2.80. The molecule has 0 fully saturated rings. The summed E-state index contributed by atoms with van der Waals surface area (Å²) in [5, 5.41) is 6.53. The van der Waals surface area contributed by atoms with Gasteiger partial charge in [-0.2, -0.15) is 4.98 Å². The van der Waals surface area contributed by atoms with Crippen molar-refractivity contribution in [1.29, 1.82) is 0 Å². The van der Waals surface area contributed by atoms with Gasteiger partial charge in [0.05, 0.1) is 11.4 Å². The van der Waals surface area contributed by atoms with E-state index in [1.165, 1.54) is 0 Å². The zero-order chi connectivity index (χ0) is 16.1. The molecule has 1 heterocycles. The van der Waals surface area contributed by atoms with Crippen LogP contribution in [0.25, 0.3) is 11.3 Å². The van der Waals surface area contributed by atoms with Crippen LogP contribution in [0.2, 0.25) is 0 Å². The van der Waals surface area contributed by atoms with E-state index >= 15 is 0 Å². The van der Waals surface area contributed by atoms with Gasteiger partial charge in [-0.05, 0) is 35.0 Å². The predicted octanol–water partition coefficient (Wildman–Crippen LogP) is 5.08. The average molecular weight is 369 g/mol. The molecule has 1 aromatic heterocycles. The Labute approximate surface area is 144 Å². The number of nitrogens with zero attached hydrogens (tertiary/aromatic N) is 2. The minimum atomic E-state index is 0.614. The van der Waals surface area contributed by atoms with E-state index in [-0.39, 0.29) is 0 Å². The van der Waals surface area contributed by atoms with Crippen LogP contribution < -0.4 is 10.6 Å². The summed E-state index contributed by atoms with van der Waals surface area (Å²) < 4.78 is 0.991. The first kappa shape index (κ1) is 15.5. The number of para-hydroxylation sites is 1. The van der Waals surface area contributed by atoms with Crippen molar-refractivity contribution in [2.45, 2.75) is 6.92 Å². The van der Waals surface area contributed by atoms with Crippen molar-refractivity contribution in [2.75, 3.05) is 17.2 Å². The summed E-state index contributed by atoms with van der Waals surface area (Å²) in [5.41, 5.74) is 2.91. The Morgan fingerprint density at radius 1 is 0.957 bits per heavy atom. The van der Waals surface area contributed by atoms with Crippen molar-refractivity contribution in [2.24, 2.45) is 0 Å². The maximum absolute atomic E-state index is 4.58. The molecule has 0 aliphatic carbocycles. The molecule has 4 nitrogen and oxygen atoms in total. The monoisotopic (exact) mass is 368 g/mol. The molecule has 3 aromatic rings. The van der Waals surface area contributed by atoms with Crippen molar-refractivity contribution in [1.82, 2.24) is 9.97 Å². The van der Waals surface area contributed by atoms with E-state index in [1.807, 2.05) is 67.6 Å². The molecule has 0 aliphatic heterocycles. The Kier molecular flexibility index (Phi) is 4.88. The molecule has 0 saturated heterocycles. The van der Waals surface area contributed by atoms with Crippen LogP contribution in [0, 0.1) is 0 Å². The predicted molar refractivity (Wildman–Crippen MR) is 99.1 cm³/mol. The molecule has 0 radical (unpaired) electrons. The highest BCUT2D eigenvalue weighted by Crippen LogP contribution is 2.27. The van der Waals surface area contributed by atoms with Crippen molar-refractivity contribution in [3.8, 4) is 11.3 Å². The van der Waals surface area contributed by atoms with E-state index < -0.39 is 0 Å². The number of rotatable bonds is 5. The van der Waals surface area contributed by atoms with Crippen LogP contribution >= 0.6 is 15.9 Å². The Morgan fingerprint density at radius 2 is 1.70 bits per heavy atom. The number of benzene rings is 2. The number of anilines is 3. The first-order valence-electron chi connectivity index (χ1n) is 7.46. The zero-order valence-electron chi connectivity index (χ0n) is 12.8.